The highest BCUT2D eigenvalue weighted by Gasteiger charge is 2.39. The lowest BCUT2D eigenvalue weighted by atomic mass is 9.85. The van der Waals surface area contributed by atoms with Gasteiger partial charge >= 0.3 is 0 Å². The van der Waals surface area contributed by atoms with Crippen LogP contribution in [0.1, 0.15) is 16.8 Å². The molecule has 0 aliphatic rings. The van der Waals surface area contributed by atoms with E-state index in [9.17, 15) is 9.90 Å². The zero-order chi connectivity index (χ0) is 17.5. The van der Waals surface area contributed by atoms with Crippen LogP contribution < -0.4 is 5.43 Å². The van der Waals surface area contributed by atoms with E-state index in [1.165, 1.54) is 6.21 Å². The minimum absolute atomic E-state index is 0.465. The normalized spacial score (nSPS) is 11.4. The number of nitrogens with zero attached hydrogens (tertiary/aromatic N) is 2. The summed E-state index contributed by atoms with van der Waals surface area (Å²) in [6.07, 6.45) is 3.06. The molecule has 1 amide bonds. The molecule has 0 saturated carbocycles. The topological polar surface area (TPSA) is 74.6 Å². The first kappa shape index (κ1) is 16.5. The summed E-state index contributed by atoms with van der Waals surface area (Å²) < 4.78 is 0. The molecule has 2 aromatic carbocycles. The molecule has 0 aliphatic heterocycles. The van der Waals surface area contributed by atoms with Crippen molar-refractivity contribution in [2.45, 2.75) is 5.60 Å². The molecule has 0 atom stereocenters. The van der Waals surface area contributed by atoms with Gasteiger partial charge in [0.15, 0.2) is 5.60 Å². The molecule has 0 aliphatic carbocycles. The van der Waals surface area contributed by atoms with E-state index in [-0.39, 0.29) is 0 Å². The number of benzene rings is 2. The van der Waals surface area contributed by atoms with Crippen molar-refractivity contribution >= 4 is 12.1 Å². The van der Waals surface area contributed by atoms with Gasteiger partial charge in [0.2, 0.25) is 0 Å². The van der Waals surface area contributed by atoms with Crippen molar-refractivity contribution in [3.63, 3.8) is 0 Å². The predicted octanol–water partition coefficient (Wildman–Crippen LogP) is 2.47. The van der Waals surface area contributed by atoms with Crippen LogP contribution in [0.2, 0.25) is 0 Å². The number of carbonyl (C=O) groups is 1. The maximum absolute atomic E-state index is 12.8. The number of hydrogen-bond acceptors (Lipinski definition) is 4. The molecule has 5 heteroatoms. The molecular formula is C20H17N3O2. The zero-order valence-electron chi connectivity index (χ0n) is 13.4. The Morgan fingerprint density at radius 2 is 1.48 bits per heavy atom. The fourth-order valence-corrected chi connectivity index (χ4v) is 2.48. The Kier molecular flexibility index (Phi) is 4.97. The minimum atomic E-state index is -1.84. The maximum atomic E-state index is 12.8. The van der Waals surface area contributed by atoms with Crippen molar-refractivity contribution in [2.75, 3.05) is 0 Å². The molecule has 0 saturated heterocycles. The van der Waals surface area contributed by atoms with E-state index in [1.807, 2.05) is 18.2 Å². The summed E-state index contributed by atoms with van der Waals surface area (Å²) in [5, 5.41) is 15.1. The summed E-state index contributed by atoms with van der Waals surface area (Å²) in [7, 11) is 0. The average molecular weight is 331 g/mol. The average Bonchev–Trinajstić information content (AvgIpc) is 2.69. The fraction of sp³-hybridized carbons (Fsp3) is 0.0500. The Labute approximate surface area is 145 Å². The third kappa shape index (κ3) is 3.62. The lowest BCUT2D eigenvalue weighted by molar-refractivity contribution is -0.136. The predicted molar refractivity (Wildman–Crippen MR) is 95.9 cm³/mol. The van der Waals surface area contributed by atoms with Crippen LogP contribution in [0.5, 0.6) is 0 Å². The van der Waals surface area contributed by atoms with Gasteiger partial charge in [-0.2, -0.15) is 5.10 Å². The van der Waals surface area contributed by atoms with Crippen molar-refractivity contribution in [3.05, 3.63) is 102 Å². The van der Waals surface area contributed by atoms with Crippen LogP contribution in [0, 0.1) is 0 Å². The summed E-state index contributed by atoms with van der Waals surface area (Å²) in [5.74, 6) is -0.642. The Morgan fingerprint density at radius 1 is 0.920 bits per heavy atom. The van der Waals surface area contributed by atoms with Gasteiger partial charge in [-0.25, -0.2) is 5.43 Å². The lowest BCUT2D eigenvalue weighted by Gasteiger charge is -2.27. The van der Waals surface area contributed by atoms with Crippen molar-refractivity contribution in [2.24, 2.45) is 5.10 Å². The van der Waals surface area contributed by atoms with Crippen molar-refractivity contribution in [1.82, 2.24) is 10.4 Å². The summed E-state index contributed by atoms with van der Waals surface area (Å²) in [5.41, 5.74) is 2.10. The van der Waals surface area contributed by atoms with Gasteiger partial charge in [0, 0.05) is 6.20 Å². The second-order valence-electron chi connectivity index (χ2n) is 5.40. The zero-order valence-corrected chi connectivity index (χ0v) is 13.4. The molecule has 1 heterocycles. The number of pyridine rings is 1. The van der Waals surface area contributed by atoms with Crippen LogP contribution in [0.4, 0.5) is 0 Å². The van der Waals surface area contributed by atoms with Crippen LogP contribution in [0.3, 0.4) is 0 Å². The quantitative estimate of drug-likeness (QED) is 0.557. The molecule has 3 aromatic rings. The van der Waals surface area contributed by atoms with Crippen LogP contribution in [-0.2, 0) is 10.4 Å². The SMILES string of the molecule is O=C(N/N=C/c1ccccn1)C(O)(c1ccccc1)c1ccccc1. The van der Waals surface area contributed by atoms with Gasteiger partial charge in [0.1, 0.15) is 0 Å². The van der Waals surface area contributed by atoms with Crippen LogP contribution in [0.15, 0.2) is 90.2 Å². The molecule has 0 bridgehead atoms. The van der Waals surface area contributed by atoms with Crippen LogP contribution in [-0.4, -0.2) is 22.2 Å². The second-order valence-corrected chi connectivity index (χ2v) is 5.40. The van der Waals surface area contributed by atoms with Crippen molar-refractivity contribution in [3.8, 4) is 0 Å². The molecule has 0 radical (unpaired) electrons. The Bertz CT molecular complexity index is 810. The molecule has 0 fully saturated rings. The molecular weight excluding hydrogens is 314 g/mol. The molecule has 0 spiro atoms. The van der Waals surface area contributed by atoms with Gasteiger partial charge in [-0.15, -0.1) is 0 Å². The van der Waals surface area contributed by atoms with E-state index >= 15 is 0 Å². The van der Waals surface area contributed by atoms with Gasteiger partial charge in [0.25, 0.3) is 5.91 Å². The van der Waals surface area contributed by atoms with Gasteiger partial charge in [-0.05, 0) is 23.3 Å². The maximum Gasteiger partial charge on any atom is 0.281 e. The first-order valence-electron chi connectivity index (χ1n) is 7.79. The van der Waals surface area contributed by atoms with Crippen LogP contribution >= 0.6 is 0 Å². The molecule has 5 nitrogen and oxygen atoms in total. The molecule has 124 valence electrons. The van der Waals surface area contributed by atoms with E-state index in [2.05, 4.69) is 15.5 Å². The summed E-state index contributed by atoms with van der Waals surface area (Å²) >= 11 is 0. The molecule has 3 rings (SSSR count). The molecule has 0 unspecified atom stereocenters. The number of nitrogens with one attached hydrogen (secondary N) is 1. The Hall–Kier alpha value is -3.31. The lowest BCUT2D eigenvalue weighted by Crippen LogP contribution is -2.43. The highest BCUT2D eigenvalue weighted by Crippen LogP contribution is 2.29. The van der Waals surface area contributed by atoms with E-state index in [4.69, 9.17) is 0 Å². The van der Waals surface area contributed by atoms with Crippen molar-refractivity contribution < 1.29 is 9.90 Å². The van der Waals surface area contributed by atoms with Crippen LogP contribution in [0.25, 0.3) is 0 Å². The standard InChI is InChI=1S/C20H17N3O2/c24-19(23-22-15-18-13-7-8-14-21-18)20(25,16-9-3-1-4-10-16)17-11-5-2-6-12-17/h1-15,25H,(H,23,24)/b22-15+. The smallest absolute Gasteiger partial charge is 0.281 e. The van der Waals surface area contributed by atoms with Gasteiger partial charge in [-0.3, -0.25) is 9.78 Å². The molecule has 2 N–H and O–H groups in total. The summed E-state index contributed by atoms with van der Waals surface area (Å²) in [6.45, 7) is 0. The minimum Gasteiger partial charge on any atom is -0.372 e. The number of rotatable bonds is 5. The summed E-state index contributed by atoms with van der Waals surface area (Å²) in [6, 6.07) is 22.9. The molecule has 25 heavy (non-hydrogen) atoms. The monoisotopic (exact) mass is 331 g/mol. The number of hydrazone groups is 1. The number of carbonyl (C=O) groups excluding carboxylic acids is 1. The number of hydrogen-bond donors (Lipinski definition) is 2. The molecule has 1 aromatic heterocycles. The van der Waals surface area contributed by atoms with E-state index in [0.717, 1.165) is 0 Å². The highest BCUT2D eigenvalue weighted by atomic mass is 16.3. The van der Waals surface area contributed by atoms with E-state index in [1.54, 1.807) is 66.9 Å². The first-order valence-corrected chi connectivity index (χ1v) is 7.79. The fourth-order valence-electron chi connectivity index (χ4n) is 2.48. The number of aliphatic hydroxyl groups is 1. The van der Waals surface area contributed by atoms with Gasteiger partial charge < -0.3 is 5.11 Å². The van der Waals surface area contributed by atoms with E-state index in [0.29, 0.717) is 16.8 Å². The third-order valence-electron chi connectivity index (χ3n) is 3.76. The van der Waals surface area contributed by atoms with Gasteiger partial charge in [-0.1, -0.05) is 66.7 Å². The summed E-state index contributed by atoms with van der Waals surface area (Å²) in [4.78, 5) is 16.9. The number of amides is 1. The van der Waals surface area contributed by atoms with Crippen molar-refractivity contribution in [1.29, 1.82) is 0 Å². The van der Waals surface area contributed by atoms with Gasteiger partial charge in [0.05, 0.1) is 11.9 Å². The number of aromatic nitrogens is 1. The first-order chi connectivity index (χ1) is 12.2. The largest absolute Gasteiger partial charge is 0.372 e. The third-order valence-corrected chi connectivity index (χ3v) is 3.76. The highest BCUT2D eigenvalue weighted by molar-refractivity contribution is 5.90. The van der Waals surface area contributed by atoms with E-state index < -0.39 is 11.5 Å². The Balaban J connectivity index is 1.90. The second kappa shape index (κ2) is 7.51. The Morgan fingerprint density at radius 3 is 2.00 bits per heavy atom.